The zero-order valence-electron chi connectivity index (χ0n) is 6.25. The Bertz CT molecular complexity index is 259. The smallest absolute Gasteiger partial charge is 0.355 e. The number of hydrogen-bond acceptors (Lipinski definition) is 4. The van der Waals surface area contributed by atoms with E-state index in [0.717, 1.165) is 6.26 Å². The molecule has 0 unspecified atom stereocenters. The van der Waals surface area contributed by atoms with E-state index in [1.165, 1.54) is 0 Å². The van der Waals surface area contributed by atoms with Gasteiger partial charge in [0.1, 0.15) is 12.3 Å². The van der Waals surface area contributed by atoms with E-state index in [9.17, 15) is 4.79 Å². The molecule has 0 amide bonds. The summed E-state index contributed by atoms with van der Waals surface area (Å²) in [6, 6.07) is 1.65. The Hall–Kier alpha value is -1.50. The molecule has 1 aliphatic rings. The molecule has 0 aromatic carbocycles. The lowest BCUT2D eigenvalue weighted by Crippen LogP contribution is -2.33. The highest BCUT2D eigenvalue weighted by atomic mass is 16.7. The number of esters is 1. The SMILES string of the molecule is CC1(C)OC=C(C#N)C(=O)O1. The van der Waals surface area contributed by atoms with E-state index < -0.39 is 11.8 Å². The molecule has 0 bridgehead atoms. The fraction of sp³-hybridized carbons (Fsp3) is 0.429. The molecule has 0 aromatic rings. The van der Waals surface area contributed by atoms with Gasteiger partial charge in [0, 0.05) is 13.8 Å². The predicted octanol–water partition coefficient (Wildman–Crippen LogP) is 0.703. The summed E-state index contributed by atoms with van der Waals surface area (Å²) in [7, 11) is 0. The van der Waals surface area contributed by atoms with E-state index in [4.69, 9.17) is 14.7 Å². The molecule has 4 nitrogen and oxygen atoms in total. The first-order valence-corrected chi connectivity index (χ1v) is 3.06. The molecule has 1 aliphatic heterocycles. The lowest BCUT2D eigenvalue weighted by molar-refractivity contribution is -0.200. The third-order valence-electron chi connectivity index (χ3n) is 1.14. The highest BCUT2D eigenvalue weighted by molar-refractivity contribution is 5.93. The number of cyclic esters (lactones) is 1. The monoisotopic (exact) mass is 153 g/mol. The predicted molar refractivity (Wildman–Crippen MR) is 35.0 cm³/mol. The van der Waals surface area contributed by atoms with Crippen LogP contribution >= 0.6 is 0 Å². The van der Waals surface area contributed by atoms with Crippen LogP contribution in [0.25, 0.3) is 0 Å². The zero-order chi connectivity index (χ0) is 8.48. The minimum atomic E-state index is -0.947. The van der Waals surface area contributed by atoms with Crippen molar-refractivity contribution in [3.8, 4) is 6.07 Å². The summed E-state index contributed by atoms with van der Waals surface area (Å²) in [5.41, 5.74) is -0.107. The van der Waals surface area contributed by atoms with Gasteiger partial charge in [-0.2, -0.15) is 5.26 Å². The number of rotatable bonds is 0. The van der Waals surface area contributed by atoms with Crippen LogP contribution in [-0.2, 0) is 14.3 Å². The van der Waals surface area contributed by atoms with Gasteiger partial charge in [-0.15, -0.1) is 0 Å². The summed E-state index contributed by atoms with van der Waals surface area (Å²) in [4.78, 5) is 10.8. The van der Waals surface area contributed by atoms with Crippen LogP contribution in [0.5, 0.6) is 0 Å². The molecular formula is C7H7NO3. The Kier molecular flexibility index (Phi) is 1.57. The van der Waals surface area contributed by atoms with Crippen molar-refractivity contribution >= 4 is 5.97 Å². The number of carbonyl (C=O) groups is 1. The van der Waals surface area contributed by atoms with E-state index in [0.29, 0.717) is 0 Å². The summed E-state index contributed by atoms with van der Waals surface area (Å²) >= 11 is 0. The molecule has 0 aliphatic carbocycles. The van der Waals surface area contributed by atoms with Crippen molar-refractivity contribution in [2.75, 3.05) is 0 Å². The molecule has 0 radical (unpaired) electrons. The van der Waals surface area contributed by atoms with E-state index in [1.807, 2.05) is 0 Å². The Morgan fingerprint density at radius 3 is 2.73 bits per heavy atom. The Morgan fingerprint density at radius 1 is 1.64 bits per heavy atom. The Morgan fingerprint density at radius 2 is 2.27 bits per heavy atom. The maximum atomic E-state index is 10.8. The highest BCUT2D eigenvalue weighted by Crippen LogP contribution is 2.19. The largest absolute Gasteiger partial charge is 0.459 e. The topological polar surface area (TPSA) is 59.3 Å². The molecule has 0 spiro atoms. The van der Waals surface area contributed by atoms with Gasteiger partial charge >= 0.3 is 5.97 Å². The second-order valence-corrected chi connectivity index (χ2v) is 2.55. The van der Waals surface area contributed by atoms with E-state index in [1.54, 1.807) is 19.9 Å². The quantitative estimate of drug-likeness (QED) is 0.481. The van der Waals surface area contributed by atoms with Crippen LogP contribution in [0.1, 0.15) is 13.8 Å². The van der Waals surface area contributed by atoms with Crippen molar-refractivity contribution in [2.45, 2.75) is 19.6 Å². The molecule has 1 heterocycles. The van der Waals surface area contributed by atoms with E-state index >= 15 is 0 Å². The normalized spacial score (nSPS) is 20.8. The van der Waals surface area contributed by atoms with Gasteiger partial charge < -0.3 is 9.47 Å². The van der Waals surface area contributed by atoms with Crippen LogP contribution in [0.3, 0.4) is 0 Å². The van der Waals surface area contributed by atoms with Crippen LogP contribution in [0, 0.1) is 11.3 Å². The fourth-order valence-corrected chi connectivity index (χ4v) is 0.623. The first kappa shape index (κ1) is 7.61. The van der Waals surface area contributed by atoms with Crippen LogP contribution in [0.2, 0.25) is 0 Å². The van der Waals surface area contributed by atoms with Gasteiger partial charge in [-0.1, -0.05) is 0 Å². The first-order chi connectivity index (χ1) is 5.05. The summed E-state index contributed by atoms with van der Waals surface area (Å²) in [6.45, 7) is 3.19. The molecule has 0 saturated carbocycles. The maximum Gasteiger partial charge on any atom is 0.355 e. The molecule has 0 atom stereocenters. The number of nitriles is 1. The second kappa shape index (κ2) is 2.27. The summed E-state index contributed by atoms with van der Waals surface area (Å²) in [6.07, 6.45) is 1.12. The lowest BCUT2D eigenvalue weighted by Gasteiger charge is -2.27. The third kappa shape index (κ3) is 1.49. The van der Waals surface area contributed by atoms with Crippen LogP contribution in [-0.4, -0.2) is 11.8 Å². The molecule has 0 saturated heterocycles. The van der Waals surface area contributed by atoms with E-state index in [2.05, 4.69) is 0 Å². The van der Waals surface area contributed by atoms with Crippen molar-refractivity contribution in [1.29, 1.82) is 5.26 Å². The van der Waals surface area contributed by atoms with Crippen molar-refractivity contribution in [1.82, 2.24) is 0 Å². The Labute approximate surface area is 64.0 Å². The highest BCUT2D eigenvalue weighted by Gasteiger charge is 2.30. The Balaban J connectivity index is 2.87. The van der Waals surface area contributed by atoms with Crippen molar-refractivity contribution in [3.05, 3.63) is 11.8 Å². The zero-order valence-corrected chi connectivity index (χ0v) is 6.25. The van der Waals surface area contributed by atoms with E-state index in [-0.39, 0.29) is 5.57 Å². The van der Waals surface area contributed by atoms with Gasteiger partial charge in [0.15, 0.2) is 5.57 Å². The molecule has 58 valence electrons. The van der Waals surface area contributed by atoms with Gasteiger partial charge in [0.2, 0.25) is 5.79 Å². The van der Waals surface area contributed by atoms with Gasteiger partial charge in [-0.3, -0.25) is 0 Å². The maximum absolute atomic E-state index is 10.8. The molecule has 4 heteroatoms. The molecule has 0 aromatic heterocycles. The molecule has 0 N–H and O–H groups in total. The van der Waals surface area contributed by atoms with Crippen molar-refractivity contribution < 1.29 is 14.3 Å². The number of carbonyl (C=O) groups excluding carboxylic acids is 1. The summed E-state index contributed by atoms with van der Waals surface area (Å²) in [5.74, 6) is -1.58. The summed E-state index contributed by atoms with van der Waals surface area (Å²) in [5, 5.41) is 8.33. The van der Waals surface area contributed by atoms with Gasteiger partial charge in [0.05, 0.1) is 0 Å². The standard InChI is InChI=1S/C7H7NO3/c1-7(2)10-4-5(3-8)6(9)11-7/h4H,1-2H3. The van der Waals surface area contributed by atoms with Crippen molar-refractivity contribution in [2.24, 2.45) is 0 Å². The van der Waals surface area contributed by atoms with Gasteiger partial charge in [-0.25, -0.2) is 4.79 Å². The van der Waals surface area contributed by atoms with Gasteiger partial charge in [-0.05, 0) is 0 Å². The second-order valence-electron chi connectivity index (χ2n) is 2.55. The summed E-state index contributed by atoms with van der Waals surface area (Å²) < 4.78 is 9.64. The molecule has 1 rings (SSSR count). The minimum absolute atomic E-state index is 0.107. The minimum Gasteiger partial charge on any atom is -0.459 e. The lowest BCUT2D eigenvalue weighted by atomic mass is 10.3. The average molecular weight is 153 g/mol. The first-order valence-electron chi connectivity index (χ1n) is 3.06. The third-order valence-corrected chi connectivity index (χ3v) is 1.14. The number of hydrogen-bond donors (Lipinski definition) is 0. The van der Waals surface area contributed by atoms with Crippen LogP contribution in [0.15, 0.2) is 11.8 Å². The molecule has 0 fully saturated rings. The van der Waals surface area contributed by atoms with Crippen LogP contribution < -0.4 is 0 Å². The van der Waals surface area contributed by atoms with Crippen LogP contribution in [0.4, 0.5) is 0 Å². The fourth-order valence-electron chi connectivity index (χ4n) is 0.623. The number of nitrogens with zero attached hydrogens (tertiary/aromatic N) is 1. The number of ether oxygens (including phenoxy) is 2. The molecular weight excluding hydrogens is 146 g/mol. The molecule has 11 heavy (non-hydrogen) atoms. The van der Waals surface area contributed by atoms with Crippen molar-refractivity contribution in [3.63, 3.8) is 0 Å². The van der Waals surface area contributed by atoms with Gasteiger partial charge in [0.25, 0.3) is 0 Å². The average Bonchev–Trinajstić information content (AvgIpc) is 1.86.